The number of carbonyl (C=O) groups is 3. The molecule has 0 fully saturated rings. The average Bonchev–Trinajstić information content (AvgIpc) is 2.71. The number of rotatable bonds is 3. The molecule has 3 rings (SSSR count). The second-order valence-electron chi connectivity index (χ2n) is 7.24. The summed E-state index contributed by atoms with van der Waals surface area (Å²) in [6.07, 6.45) is 0.398. The summed E-state index contributed by atoms with van der Waals surface area (Å²) in [5, 5.41) is 11.7. The van der Waals surface area contributed by atoms with Crippen molar-refractivity contribution in [3.63, 3.8) is 0 Å². The Morgan fingerprint density at radius 1 is 1.10 bits per heavy atom. The molecule has 0 saturated heterocycles. The van der Waals surface area contributed by atoms with E-state index in [-0.39, 0.29) is 24.3 Å². The van der Waals surface area contributed by atoms with Gasteiger partial charge in [0.15, 0.2) is 0 Å². The van der Waals surface area contributed by atoms with Gasteiger partial charge in [-0.2, -0.15) is 5.26 Å². The zero-order valence-corrected chi connectivity index (χ0v) is 16.6. The van der Waals surface area contributed by atoms with Crippen LogP contribution in [0.4, 0.5) is 5.69 Å². The SMILES string of the molecule is CC(=O)Nc1ccc2c(c1)CN(C(=O)c1ccc(C#N)cc1)[C@@H](C(=O)N(C)C)C2. The van der Waals surface area contributed by atoms with Gasteiger partial charge in [0.25, 0.3) is 5.91 Å². The van der Waals surface area contributed by atoms with Crippen LogP contribution in [0.1, 0.15) is 34.0 Å². The van der Waals surface area contributed by atoms with Crippen molar-refractivity contribution in [2.45, 2.75) is 25.9 Å². The highest BCUT2D eigenvalue weighted by Gasteiger charge is 2.36. The van der Waals surface area contributed by atoms with Gasteiger partial charge in [0.2, 0.25) is 11.8 Å². The predicted octanol–water partition coefficient (Wildman–Crippen LogP) is 2.17. The van der Waals surface area contributed by atoms with Crippen molar-refractivity contribution in [3.8, 4) is 6.07 Å². The van der Waals surface area contributed by atoms with Gasteiger partial charge in [0.1, 0.15) is 6.04 Å². The summed E-state index contributed by atoms with van der Waals surface area (Å²) in [5.41, 5.74) is 3.40. The van der Waals surface area contributed by atoms with E-state index < -0.39 is 6.04 Å². The zero-order valence-electron chi connectivity index (χ0n) is 16.6. The molecule has 2 aromatic carbocycles. The lowest BCUT2D eigenvalue weighted by molar-refractivity contribution is -0.134. The first-order valence-electron chi connectivity index (χ1n) is 9.22. The first-order valence-corrected chi connectivity index (χ1v) is 9.22. The number of benzene rings is 2. The Morgan fingerprint density at radius 3 is 2.38 bits per heavy atom. The fourth-order valence-electron chi connectivity index (χ4n) is 3.45. The van der Waals surface area contributed by atoms with Gasteiger partial charge in [-0.15, -0.1) is 0 Å². The largest absolute Gasteiger partial charge is 0.347 e. The second kappa shape index (κ2) is 8.15. The minimum atomic E-state index is -0.618. The topological polar surface area (TPSA) is 93.5 Å². The Labute approximate surface area is 169 Å². The van der Waals surface area contributed by atoms with Crippen LogP contribution in [-0.2, 0) is 22.6 Å². The molecule has 0 unspecified atom stereocenters. The van der Waals surface area contributed by atoms with E-state index in [2.05, 4.69) is 5.32 Å². The molecule has 1 aliphatic rings. The minimum absolute atomic E-state index is 0.149. The summed E-state index contributed by atoms with van der Waals surface area (Å²) in [5.74, 6) is -0.596. The van der Waals surface area contributed by atoms with Gasteiger partial charge < -0.3 is 15.1 Å². The number of hydrogen-bond acceptors (Lipinski definition) is 4. The second-order valence-corrected chi connectivity index (χ2v) is 7.24. The fourth-order valence-corrected chi connectivity index (χ4v) is 3.45. The van der Waals surface area contributed by atoms with Gasteiger partial charge in [-0.1, -0.05) is 6.07 Å². The molecule has 0 spiro atoms. The summed E-state index contributed by atoms with van der Waals surface area (Å²) < 4.78 is 0. The van der Waals surface area contributed by atoms with Crippen LogP contribution in [0.2, 0.25) is 0 Å². The van der Waals surface area contributed by atoms with Crippen molar-refractivity contribution >= 4 is 23.4 Å². The molecule has 0 aliphatic carbocycles. The quantitative estimate of drug-likeness (QED) is 0.869. The Hall–Kier alpha value is -3.66. The molecule has 1 N–H and O–H groups in total. The molecule has 2 aromatic rings. The summed E-state index contributed by atoms with van der Waals surface area (Å²) in [6.45, 7) is 1.69. The van der Waals surface area contributed by atoms with Gasteiger partial charge >= 0.3 is 0 Å². The standard InChI is InChI=1S/C22H22N4O3/c1-14(27)24-19-9-8-17-11-20(22(29)25(2)3)26(13-18(17)10-19)21(28)16-6-4-15(12-23)5-7-16/h4-10,20H,11,13H2,1-3H3,(H,24,27)/t20-/m1/s1. The first-order chi connectivity index (χ1) is 13.8. The molecule has 3 amide bonds. The van der Waals surface area contributed by atoms with Crippen molar-refractivity contribution in [1.29, 1.82) is 5.26 Å². The lowest BCUT2D eigenvalue weighted by atomic mass is 9.92. The van der Waals surface area contributed by atoms with Crippen LogP contribution < -0.4 is 5.32 Å². The molecule has 0 radical (unpaired) electrons. The van der Waals surface area contributed by atoms with Crippen LogP contribution in [0.3, 0.4) is 0 Å². The van der Waals surface area contributed by atoms with E-state index in [4.69, 9.17) is 5.26 Å². The molecule has 0 saturated carbocycles. The molecule has 0 bridgehead atoms. The Kier molecular flexibility index (Phi) is 5.64. The molecule has 0 aromatic heterocycles. The van der Waals surface area contributed by atoms with E-state index in [1.807, 2.05) is 18.2 Å². The molecular weight excluding hydrogens is 368 g/mol. The lowest BCUT2D eigenvalue weighted by Gasteiger charge is -2.37. The first kappa shape index (κ1) is 20.1. The third kappa shape index (κ3) is 4.27. The van der Waals surface area contributed by atoms with Gasteiger partial charge in [-0.3, -0.25) is 14.4 Å². The van der Waals surface area contributed by atoms with Crippen LogP contribution >= 0.6 is 0 Å². The van der Waals surface area contributed by atoms with Crippen molar-refractivity contribution in [2.75, 3.05) is 19.4 Å². The monoisotopic (exact) mass is 390 g/mol. The minimum Gasteiger partial charge on any atom is -0.347 e. The maximum Gasteiger partial charge on any atom is 0.254 e. The van der Waals surface area contributed by atoms with Gasteiger partial charge in [0.05, 0.1) is 11.6 Å². The van der Waals surface area contributed by atoms with Crippen LogP contribution in [0, 0.1) is 11.3 Å². The average molecular weight is 390 g/mol. The zero-order chi connectivity index (χ0) is 21.1. The molecule has 1 heterocycles. The summed E-state index contributed by atoms with van der Waals surface area (Å²) in [4.78, 5) is 40.4. The smallest absolute Gasteiger partial charge is 0.254 e. The predicted molar refractivity (Wildman–Crippen MR) is 108 cm³/mol. The fraction of sp³-hybridized carbons (Fsp3) is 0.273. The van der Waals surface area contributed by atoms with Crippen molar-refractivity contribution in [3.05, 3.63) is 64.7 Å². The number of hydrogen-bond donors (Lipinski definition) is 1. The summed E-state index contributed by atoms with van der Waals surface area (Å²) in [7, 11) is 3.34. The summed E-state index contributed by atoms with van der Waals surface area (Å²) >= 11 is 0. The van der Waals surface area contributed by atoms with E-state index in [0.717, 1.165) is 11.1 Å². The maximum absolute atomic E-state index is 13.2. The van der Waals surface area contributed by atoms with E-state index in [0.29, 0.717) is 23.2 Å². The molecule has 148 valence electrons. The Balaban J connectivity index is 1.97. The number of nitriles is 1. The number of amides is 3. The molecule has 1 aliphatic heterocycles. The molecular formula is C22H22N4O3. The third-order valence-corrected chi connectivity index (χ3v) is 4.90. The Morgan fingerprint density at radius 2 is 1.79 bits per heavy atom. The van der Waals surface area contributed by atoms with Crippen LogP contribution in [0.15, 0.2) is 42.5 Å². The normalized spacial score (nSPS) is 15.1. The molecule has 7 heteroatoms. The van der Waals surface area contributed by atoms with Crippen LogP contribution in [-0.4, -0.2) is 47.7 Å². The molecule has 1 atom stereocenters. The molecule has 7 nitrogen and oxygen atoms in total. The van der Waals surface area contributed by atoms with E-state index >= 15 is 0 Å². The van der Waals surface area contributed by atoms with E-state index in [1.54, 1.807) is 49.3 Å². The number of likely N-dealkylation sites (N-methyl/N-ethyl adjacent to an activating group) is 1. The highest BCUT2D eigenvalue weighted by atomic mass is 16.2. The van der Waals surface area contributed by atoms with Crippen molar-refractivity contribution < 1.29 is 14.4 Å². The lowest BCUT2D eigenvalue weighted by Crippen LogP contribution is -2.52. The number of carbonyl (C=O) groups excluding carboxylic acids is 3. The maximum atomic E-state index is 13.2. The highest BCUT2D eigenvalue weighted by molar-refractivity contribution is 5.98. The Bertz CT molecular complexity index is 1010. The van der Waals surface area contributed by atoms with Crippen LogP contribution in [0.5, 0.6) is 0 Å². The van der Waals surface area contributed by atoms with Crippen molar-refractivity contribution in [1.82, 2.24) is 9.80 Å². The van der Waals surface area contributed by atoms with Gasteiger partial charge in [-0.25, -0.2) is 0 Å². The highest BCUT2D eigenvalue weighted by Crippen LogP contribution is 2.28. The van der Waals surface area contributed by atoms with E-state index in [1.165, 1.54) is 11.8 Å². The van der Waals surface area contributed by atoms with Gasteiger partial charge in [0, 0.05) is 45.2 Å². The van der Waals surface area contributed by atoms with Crippen molar-refractivity contribution in [2.24, 2.45) is 0 Å². The number of nitrogens with one attached hydrogen (secondary N) is 1. The van der Waals surface area contributed by atoms with Gasteiger partial charge in [-0.05, 0) is 47.5 Å². The molecule has 29 heavy (non-hydrogen) atoms. The number of anilines is 1. The van der Waals surface area contributed by atoms with Crippen LogP contribution in [0.25, 0.3) is 0 Å². The number of nitrogens with zero attached hydrogens (tertiary/aromatic N) is 3. The number of fused-ring (bicyclic) bond motifs is 1. The van der Waals surface area contributed by atoms with E-state index in [9.17, 15) is 14.4 Å². The summed E-state index contributed by atoms with van der Waals surface area (Å²) in [6, 6.07) is 13.3. The third-order valence-electron chi connectivity index (χ3n) is 4.90.